The second kappa shape index (κ2) is 14.0. The molecule has 16 heteroatoms. The van der Waals surface area contributed by atoms with Crippen molar-refractivity contribution < 1.29 is 38.2 Å². The predicted molar refractivity (Wildman–Crippen MR) is 171 cm³/mol. The molecule has 4 heterocycles. The number of benzene rings is 2. The molecule has 2 aromatic carbocycles. The molecule has 0 spiro atoms. The number of fused-ring (bicyclic) bond motifs is 2. The Kier molecular flexibility index (Phi) is 9.96. The number of aromatic nitrogens is 2. The first-order valence-corrected chi connectivity index (χ1v) is 15.3. The van der Waals surface area contributed by atoms with Gasteiger partial charge in [0.15, 0.2) is 34.5 Å². The largest absolute Gasteiger partial charge is 0.505 e. The minimum Gasteiger partial charge on any atom is -0.505 e. The fourth-order valence-electron chi connectivity index (χ4n) is 5.47. The van der Waals surface area contributed by atoms with E-state index in [9.17, 15) is 38.2 Å². The number of amides is 4. The zero-order valence-corrected chi connectivity index (χ0v) is 27.2. The van der Waals surface area contributed by atoms with Crippen LogP contribution < -0.4 is 10.6 Å². The summed E-state index contributed by atoms with van der Waals surface area (Å²) < 4.78 is 29.4. The van der Waals surface area contributed by atoms with E-state index in [-0.39, 0.29) is 46.5 Å². The average molecular weight is 704 g/mol. The number of hydrogen-bond acceptors (Lipinski definition) is 6. The minimum atomic E-state index is -0.981. The Hall–Kier alpha value is -5.08. The van der Waals surface area contributed by atoms with Crippen LogP contribution in [0.15, 0.2) is 48.8 Å². The maximum atomic E-state index is 13.3. The number of carbonyl (C=O) groups is 4. The van der Waals surface area contributed by atoms with Crippen LogP contribution in [0.2, 0.25) is 10.0 Å². The molecule has 0 saturated carbocycles. The fraction of sp³-hybridized carbons (Fsp3) is 0.250. The molecule has 0 unspecified atom stereocenters. The van der Waals surface area contributed by atoms with Crippen LogP contribution in [0, 0.1) is 11.6 Å². The van der Waals surface area contributed by atoms with Crippen molar-refractivity contribution in [3.05, 3.63) is 104 Å². The van der Waals surface area contributed by atoms with Gasteiger partial charge in [-0.2, -0.15) is 0 Å². The lowest BCUT2D eigenvalue weighted by Crippen LogP contribution is -2.39. The summed E-state index contributed by atoms with van der Waals surface area (Å²) >= 11 is 11.9. The monoisotopic (exact) mass is 702 g/mol. The van der Waals surface area contributed by atoms with Gasteiger partial charge in [0.25, 0.3) is 23.6 Å². The quantitative estimate of drug-likeness (QED) is 0.239. The lowest BCUT2D eigenvalue weighted by atomic mass is 10.1. The molecule has 0 bridgehead atoms. The van der Waals surface area contributed by atoms with Crippen molar-refractivity contribution in [2.75, 3.05) is 27.2 Å². The van der Waals surface area contributed by atoms with E-state index in [1.165, 1.54) is 42.0 Å². The molecule has 252 valence electrons. The third kappa shape index (κ3) is 6.66. The van der Waals surface area contributed by atoms with Crippen LogP contribution in [0.1, 0.15) is 52.8 Å². The van der Waals surface area contributed by atoms with E-state index in [2.05, 4.69) is 10.6 Å². The molecule has 4 aromatic rings. The van der Waals surface area contributed by atoms with Gasteiger partial charge in [0, 0.05) is 65.8 Å². The van der Waals surface area contributed by atoms with Crippen molar-refractivity contribution in [1.29, 1.82) is 0 Å². The molecule has 0 fully saturated rings. The normalized spacial score (nSPS) is 13.8. The van der Waals surface area contributed by atoms with E-state index in [1.54, 1.807) is 27.7 Å². The summed E-state index contributed by atoms with van der Waals surface area (Å²) in [4.78, 5) is 51.7. The molecular formula is C32H30Cl2F2N6O6. The van der Waals surface area contributed by atoms with Crippen LogP contribution in [0.3, 0.4) is 0 Å². The molecule has 4 N–H and O–H groups in total. The molecule has 0 aliphatic carbocycles. The maximum Gasteiger partial charge on any atom is 0.274 e. The molecule has 2 aromatic heterocycles. The van der Waals surface area contributed by atoms with E-state index in [0.717, 1.165) is 17.7 Å². The first-order chi connectivity index (χ1) is 22.8. The van der Waals surface area contributed by atoms with Crippen LogP contribution in [0.25, 0.3) is 0 Å². The molecule has 0 saturated heterocycles. The highest BCUT2D eigenvalue weighted by atomic mass is 35.5. The molecule has 2 aliphatic rings. The van der Waals surface area contributed by atoms with E-state index in [1.807, 2.05) is 0 Å². The number of carbonyl (C=O) groups excluding carboxylic acids is 4. The Morgan fingerprint density at radius 3 is 1.60 bits per heavy atom. The summed E-state index contributed by atoms with van der Waals surface area (Å²) in [5.41, 5.74) is 1.53. The fourth-order valence-corrected chi connectivity index (χ4v) is 5.79. The zero-order valence-electron chi connectivity index (χ0n) is 25.7. The first-order valence-electron chi connectivity index (χ1n) is 14.6. The Morgan fingerprint density at radius 1 is 0.708 bits per heavy atom. The van der Waals surface area contributed by atoms with Gasteiger partial charge in [-0.1, -0.05) is 35.3 Å². The average Bonchev–Trinajstić information content (AvgIpc) is 3.59. The van der Waals surface area contributed by atoms with Crippen molar-refractivity contribution in [2.24, 2.45) is 0 Å². The maximum absolute atomic E-state index is 13.3. The third-order valence-corrected chi connectivity index (χ3v) is 8.70. The molecule has 4 amide bonds. The van der Waals surface area contributed by atoms with Gasteiger partial charge in [0.05, 0.1) is 21.2 Å². The predicted octanol–water partition coefficient (Wildman–Crippen LogP) is 4.00. The van der Waals surface area contributed by atoms with Crippen molar-refractivity contribution >= 4 is 46.8 Å². The summed E-state index contributed by atoms with van der Waals surface area (Å²) in [5, 5.41) is 26.1. The third-order valence-electron chi connectivity index (χ3n) is 7.96. The molecule has 12 nitrogen and oxygen atoms in total. The minimum absolute atomic E-state index is 0.0161. The van der Waals surface area contributed by atoms with Crippen molar-refractivity contribution in [3.63, 3.8) is 0 Å². The highest BCUT2D eigenvalue weighted by Crippen LogP contribution is 2.31. The lowest BCUT2D eigenvalue weighted by Gasteiger charge is -2.28. The zero-order chi connectivity index (χ0) is 34.9. The van der Waals surface area contributed by atoms with Gasteiger partial charge in [0.1, 0.15) is 0 Å². The Bertz CT molecular complexity index is 1810. The Balaban J connectivity index is 0.000000188. The molecule has 48 heavy (non-hydrogen) atoms. The summed E-state index contributed by atoms with van der Waals surface area (Å²) in [6, 6.07) is 8.62. The van der Waals surface area contributed by atoms with Crippen LogP contribution >= 0.6 is 23.2 Å². The second-order valence-electron chi connectivity index (χ2n) is 11.0. The van der Waals surface area contributed by atoms with Gasteiger partial charge in [0.2, 0.25) is 0 Å². The highest BCUT2D eigenvalue weighted by molar-refractivity contribution is 6.42. The van der Waals surface area contributed by atoms with Crippen LogP contribution in [0.5, 0.6) is 11.5 Å². The molecule has 0 atom stereocenters. The Morgan fingerprint density at radius 2 is 1.17 bits per heavy atom. The summed E-state index contributed by atoms with van der Waals surface area (Å²) in [6.07, 6.45) is 2.92. The van der Waals surface area contributed by atoms with Crippen molar-refractivity contribution in [3.8, 4) is 11.5 Å². The summed E-state index contributed by atoms with van der Waals surface area (Å²) in [7, 11) is 2.90. The number of rotatable bonds is 6. The van der Waals surface area contributed by atoms with E-state index < -0.39 is 29.4 Å². The standard InChI is InChI=1S/C16H15Cl2N3O3.C16H15F2N3O3/c2*1-19-15(23)10-8-20-4-5-21(16(24)13(20)14(10)22)7-9-2-3-11(17)12(18)6-9/h2*2-3,6,8,22H,4-5,7H2,1H3,(H,19,23). The number of nitrogens with one attached hydrogen (secondary N) is 2. The van der Waals surface area contributed by atoms with E-state index in [0.29, 0.717) is 48.3 Å². The van der Waals surface area contributed by atoms with E-state index >= 15 is 0 Å². The van der Waals surface area contributed by atoms with Gasteiger partial charge in [-0.15, -0.1) is 0 Å². The van der Waals surface area contributed by atoms with Gasteiger partial charge < -0.3 is 39.8 Å². The lowest BCUT2D eigenvalue weighted by molar-refractivity contribution is 0.0679. The number of hydrogen-bond donors (Lipinski definition) is 4. The highest BCUT2D eigenvalue weighted by Gasteiger charge is 2.33. The number of halogens is 4. The summed E-state index contributed by atoms with van der Waals surface area (Å²) in [5.74, 6) is -4.34. The second-order valence-corrected chi connectivity index (χ2v) is 11.8. The number of nitrogens with zero attached hydrogens (tertiary/aromatic N) is 4. The van der Waals surface area contributed by atoms with Crippen LogP contribution in [-0.2, 0) is 26.2 Å². The smallest absolute Gasteiger partial charge is 0.274 e. The van der Waals surface area contributed by atoms with Gasteiger partial charge in [-0.25, -0.2) is 8.78 Å². The van der Waals surface area contributed by atoms with Crippen molar-refractivity contribution in [1.82, 2.24) is 29.6 Å². The SMILES string of the molecule is CNC(=O)c1cn2c(c1O)C(=O)N(Cc1ccc(Cl)c(Cl)c1)CC2.CNC(=O)c1cn2c(c1O)C(=O)N(Cc1ccc(F)c(F)c1)CC2. The topological polar surface area (TPSA) is 149 Å². The van der Waals surface area contributed by atoms with Crippen molar-refractivity contribution in [2.45, 2.75) is 26.2 Å². The molecule has 2 aliphatic heterocycles. The first kappa shape index (κ1) is 34.3. The van der Waals surface area contributed by atoms with Crippen LogP contribution in [0.4, 0.5) is 8.78 Å². The van der Waals surface area contributed by atoms with Gasteiger partial charge in [-0.3, -0.25) is 19.2 Å². The van der Waals surface area contributed by atoms with E-state index in [4.69, 9.17) is 23.2 Å². The molecule has 0 radical (unpaired) electrons. The molecule has 6 rings (SSSR count). The molecular weight excluding hydrogens is 673 g/mol. The van der Waals surface area contributed by atoms with Gasteiger partial charge in [-0.05, 0) is 35.4 Å². The Labute approximate surface area is 283 Å². The summed E-state index contributed by atoms with van der Waals surface area (Å²) in [6.45, 7) is 2.09. The number of aromatic hydroxyl groups is 2. The van der Waals surface area contributed by atoms with Gasteiger partial charge >= 0.3 is 0 Å². The van der Waals surface area contributed by atoms with Crippen LogP contribution in [-0.4, -0.2) is 80.0 Å².